The van der Waals surface area contributed by atoms with Gasteiger partial charge >= 0.3 is 0 Å². The van der Waals surface area contributed by atoms with Crippen molar-refractivity contribution in [3.63, 3.8) is 0 Å². The molecule has 0 aliphatic carbocycles. The molecule has 1 rings (SSSR count). The second-order valence-corrected chi connectivity index (χ2v) is 6.81. The Hall–Kier alpha value is 0.340. The molecule has 0 radical (unpaired) electrons. The van der Waals surface area contributed by atoms with Gasteiger partial charge < -0.3 is 0 Å². The predicted octanol–water partition coefficient (Wildman–Crippen LogP) is 2.74. The van der Waals surface area contributed by atoms with Gasteiger partial charge in [0, 0.05) is 14.6 Å². The van der Waals surface area contributed by atoms with Crippen LogP contribution in [0.1, 0.15) is 13.3 Å². The lowest BCUT2D eigenvalue weighted by molar-refractivity contribution is 0.580. The van der Waals surface area contributed by atoms with Crippen molar-refractivity contribution in [3.8, 4) is 0 Å². The molecule has 1 N–H and O–H groups in total. The monoisotopic (exact) mass is 403 g/mol. The highest BCUT2D eigenvalue weighted by atomic mass is 127. The summed E-state index contributed by atoms with van der Waals surface area (Å²) in [6, 6.07) is 5.15. The van der Waals surface area contributed by atoms with Crippen molar-refractivity contribution in [1.29, 1.82) is 0 Å². The predicted molar refractivity (Wildman–Crippen MR) is 72.3 cm³/mol. The van der Waals surface area contributed by atoms with Gasteiger partial charge in [-0.05, 0) is 63.1 Å². The van der Waals surface area contributed by atoms with Gasteiger partial charge in [0.1, 0.15) is 0 Å². The largest absolute Gasteiger partial charge is 0.241 e. The summed E-state index contributed by atoms with van der Waals surface area (Å²) in [7, 11) is -3.37. The third-order valence-corrected chi connectivity index (χ3v) is 4.83. The number of hydrogen-bond acceptors (Lipinski definition) is 2. The Labute approximate surface area is 112 Å². The van der Waals surface area contributed by atoms with Gasteiger partial charge in [-0.1, -0.05) is 6.92 Å². The molecule has 0 unspecified atom stereocenters. The molecule has 1 aromatic rings. The number of sulfonamides is 1. The lowest BCUT2D eigenvalue weighted by atomic mass is 10.4. The molecule has 0 spiro atoms. The van der Waals surface area contributed by atoms with Crippen LogP contribution in [0.4, 0.5) is 0 Å². The molecule has 15 heavy (non-hydrogen) atoms. The Bertz CT molecular complexity index is 447. The zero-order valence-corrected chi connectivity index (χ0v) is 12.7. The Morgan fingerprint density at radius 2 is 2.13 bits per heavy atom. The summed E-state index contributed by atoms with van der Waals surface area (Å²) in [6.07, 6.45) is 0.779. The van der Waals surface area contributed by atoms with Gasteiger partial charge in [0.25, 0.3) is 0 Å². The van der Waals surface area contributed by atoms with Crippen LogP contribution in [-0.2, 0) is 10.0 Å². The van der Waals surface area contributed by atoms with Crippen LogP contribution in [0.25, 0.3) is 0 Å². The summed E-state index contributed by atoms with van der Waals surface area (Å²) in [5.74, 6) is 0. The SMILES string of the molecule is CCCNS(=O)(=O)c1ccc(I)cc1Br. The van der Waals surface area contributed by atoms with Crippen LogP contribution >= 0.6 is 38.5 Å². The lowest BCUT2D eigenvalue weighted by Crippen LogP contribution is -2.24. The molecule has 0 bridgehead atoms. The first-order chi connectivity index (χ1) is 6.97. The molecule has 0 aromatic heterocycles. The molecule has 1 aromatic carbocycles. The molecule has 0 saturated heterocycles. The van der Waals surface area contributed by atoms with Gasteiger partial charge in [-0.15, -0.1) is 0 Å². The first-order valence-electron chi connectivity index (χ1n) is 4.42. The molecule has 6 heteroatoms. The van der Waals surface area contributed by atoms with Crippen LogP contribution in [0.5, 0.6) is 0 Å². The van der Waals surface area contributed by atoms with E-state index < -0.39 is 10.0 Å². The van der Waals surface area contributed by atoms with E-state index in [0.29, 0.717) is 11.0 Å². The van der Waals surface area contributed by atoms with E-state index in [2.05, 4.69) is 43.2 Å². The van der Waals surface area contributed by atoms with E-state index in [1.165, 1.54) is 0 Å². The van der Waals surface area contributed by atoms with Crippen molar-refractivity contribution in [2.75, 3.05) is 6.54 Å². The Balaban J connectivity index is 3.05. The van der Waals surface area contributed by atoms with Crippen LogP contribution in [-0.4, -0.2) is 15.0 Å². The fourth-order valence-corrected chi connectivity index (χ4v) is 4.14. The summed E-state index contributed by atoms with van der Waals surface area (Å²) in [4.78, 5) is 0.288. The first-order valence-corrected chi connectivity index (χ1v) is 7.77. The normalized spacial score (nSPS) is 11.7. The average molecular weight is 404 g/mol. The summed E-state index contributed by atoms with van der Waals surface area (Å²) in [5, 5.41) is 0. The molecule has 0 atom stereocenters. The van der Waals surface area contributed by atoms with E-state index in [9.17, 15) is 8.42 Å². The number of nitrogens with one attached hydrogen (secondary N) is 1. The van der Waals surface area contributed by atoms with Crippen molar-refractivity contribution in [2.45, 2.75) is 18.2 Å². The maximum Gasteiger partial charge on any atom is 0.241 e. The molecule has 0 saturated carbocycles. The summed E-state index contributed by atoms with van der Waals surface area (Å²) < 4.78 is 27.7. The second-order valence-electron chi connectivity index (χ2n) is 2.97. The minimum atomic E-state index is -3.37. The summed E-state index contributed by atoms with van der Waals surface area (Å²) in [5.41, 5.74) is 0. The van der Waals surface area contributed by atoms with Crippen molar-refractivity contribution in [3.05, 3.63) is 26.2 Å². The minimum absolute atomic E-state index is 0.288. The van der Waals surface area contributed by atoms with E-state index in [1.807, 2.05) is 6.92 Å². The maximum absolute atomic E-state index is 11.8. The zero-order chi connectivity index (χ0) is 11.5. The number of rotatable bonds is 4. The third-order valence-electron chi connectivity index (χ3n) is 1.73. The van der Waals surface area contributed by atoms with E-state index in [4.69, 9.17) is 0 Å². The second kappa shape index (κ2) is 5.60. The van der Waals surface area contributed by atoms with Crippen LogP contribution in [0.15, 0.2) is 27.6 Å². The minimum Gasteiger partial charge on any atom is -0.211 e. The highest BCUT2D eigenvalue weighted by molar-refractivity contribution is 14.1. The number of halogens is 2. The number of benzene rings is 1. The topological polar surface area (TPSA) is 46.2 Å². The smallest absolute Gasteiger partial charge is 0.211 e. The summed E-state index contributed by atoms with van der Waals surface area (Å²) in [6.45, 7) is 2.38. The lowest BCUT2D eigenvalue weighted by Gasteiger charge is -2.07. The molecule has 0 aliphatic heterocycles. The van der Waals surface area contributed by atoms with Crippen LogP contribution in [0.2, 0.25) is 0 Å². The van der Waals surface area contributed by atoms with Crippen molar-refractivity contribution >= 4 is 48.5 Å². The standard InChI is InChI=1S/C9H11BrINO2S/c1-2-5-12-15(13,14)9-4-3-7(11)6-8(9)10/h3-4,6,12H,2,5H2,1H3. The van der Waals surface area contributed by atoms with Gasteiger partial charge in [0.15, 0.2) is 0 Å². The van der Waals surface area contributed by atoms with Crippen LogP contribution in [0, 0.1) is 3.57 Å². The zero-order valence-electron chi connectivity index (χ0n) is 8.13. The fourth-order valence-electron chi connectivity index (χ4n) is 1.01. The Morgan fingerprint density at radius 3 is 2.67 bits per heavy atom. The molecular weight excluding hydrogens is 393 g/mol. The molecule has 0 aliphatic rings. The summed E-state index contributed by atoms with van der Waals surface area (Å²) >= 11 is 5.38. The molecule has 84 valence electrons. The van der Waals surface area contributed by atoms with E-state index in [0.717, 1.165) is 9.99 Å². The average Bonchev–Trinajstić information content (AvgIpc) is 2.14. The third kappa shape index (κ3) is 3.69. The van der Waals surface area contributed by atoms with E-state index in [-0.39, 0.29) is 4.90 Å². The Morgan fingerprint density at radius 1 is 1.47 bits per heavy atom. The van der Waals surface area contributed by atoms with Crippen molar-refractivity contribution in [1.82, 2.24) is 4.72 Å². The van der Waals surface area contributed by atoms with E-state index >= 15 is 0 Å². The first kappa shape index (κ1) is 13.4. The van der Waals surface area contributed by atoms with Gasteiger partial charge in [0.05, 0.1) is 4.90 Å². The van der Waals surface area contributed by atoms with Gasteiger partial charge in [-0.2, -0.15) is 0 Å². The van der Waals surface area contributed by atoms with Gasteiger partial charge in [-0.3, -0.25) is 0 Å². The highest BCUT2D eigenvalue weighted by Gasteiger charge is 2.16. The van der Waals surface area contributed by atoms with Crippen LogP contribution in [0.3, 0.4) is 0 Å². The number of hydrogen-bond donors (Lipinski definition) is 1. The molecule has 0 heterocycles. The molecule has 0 fully saturated rings. The molecular formula is C9H11BrINO2S. The fraction of sp³-hybridized carbons (Fsp3) is 0.333. The van der Waals surface area contributed by atoms with Crippen molar-refractivity contribution in [2.24, 2.45) is 0 Å². The Kier molecular flexibility index (Phi) is 5.01. The molecule has 3 nitrogen and oxygen atoms in total. The quantitative estimate of drug-likeness (QED) is 0.785. The maximum atomic E-state index is 11.8. The van der Waals surface area contributed by atoms with Gasteiger partial charge in [0.2, 0.25) is 10.0 Å². The highest BCUT2D eigenvalue weighted by Crippen LogP contribution is 2.23. The van der Waals surface area contributed by atoms with Crippen molar-refractivity contribution < 1.29 is 8.42 Å². The molecule has 0 amide bonds. The van der Waals surface area contributed by atoms with Crippen LogP contribution < -0.4 is 4.72 Å². The van der Waals surface area contributed by atoms with E-state index in [1.54, 1.807) is 18.2 Å². The van der Waals surface area contributed by atoms with Gasteiger partial charge in [-0.25, -0.2) is 13.1 Å².